The summed E-state index contributed by atoms with van der Waals surface area (Å²) < 4.78 is 5.34. The molecule has 2 rings (SSSR count). The average molecular weight is 358 g/mol. The van der Waals surface area contributed by atoms with Crippen LogP contribution in [0.1, 0.15) is 26.3 Å². The number of carbonyl (C=O) groups is 1. The van der Waals surface area contributed by atoms with Gasteiger partial charge < -0.3 is 4.74 Å². The normalized spacial score (nSPS) is 12.4. The summed E-state index contributed by atoms with van der Waals surface area (Å²) in [6.07, 6.45) is 0.378. The van der Waals surface area contributed by atoms with Crippen molar-refractivity contribution in [3.8, 4) is 5.75 Å². The zero-order chi connectivity index (χ0) is 19.2. The van der Waals surface area contributed by atoms with Gasteiger partial charge in [-0.15, -0.1) is 0 Å². The maximum Gasteiger partial charge on any atom is 0.331 e. The zero-order valence-corrected chi connectivity index (χ0v) is 15.0. The van der Waals surface area contributed by atoms with Gasteiger partial charge in [0.15, 0.2) is 0 Å². The molecule has 0 unspecified atom stereocenters. The maximum atomic E-state index is 12.6. The van der Waals surface area contributed by atoms with Gasteiger partial charge in [-0.3, -0.25) is 15.0 Å². The smallest absolute Gasteiger partial charge is 0.331 e. The lowest BCUT2D eigenvalue weighted by Gasteiger charge is -2.24. The maximum absolute atomic E-state index is 12.6. The molecule has 0 bridgehead atoms. The van der Waals surface area contributed by atoms with Gasteiger partial charge in [0.2, 0.25) is 0 Å². The van der Waals surface area contributed by atoms with Gasteiger partial charge in [-0.25, -0.2) is 4.79 Å². The van der Waals surface area contributed by atoms with Crippen molar-refractivity contribution in [2.45, 2.75) is 38.8 Å². The number of benzene rings is 2. The lowest BCUT2D eigenvalue weighted by atomic mass is 10.1. The standard InChI is InChI=1S/C19H22N2O5/c1-19(2,3)26-20-17(13-14-7-5-4-6-8-14)18(22)25-16-11-9-15(10-12-16)21(23)24/h4-12,17,20H,13H2,1-3H3/t17-/m0/s1. The van der Waals surface area contributed by atoms with Crippen LogP contribution in [0.25, 0.3) is 0 Å². The molecule has 2 aromatic rings. The molecule has 0 aliphatic heterocycles. The molecule has 0 spiro atoms. The molecule has 0 amide bonds. The minimum Gasteiger partial charge on any atom is -0.425 e. The average Bonchev–Trinajstić information content (AvgIpc) is 2.59. The van der Waals surface area contributed by atoms with Gasteiger partial charge in [-0.2, -0.15) is 5.48 Å². The molecular formula is C19H22N2O5. The van der Waals surface area contributed by atoms with Crippen LogP contribution in [0.5, 0.6) is 5.75 Å². The van der Waals surface area contributed by atoms with Crippen LogP contribution >= 0.6 is 0 Å². The van der Waals surface area contributed by atoms with Gasteiger partial charge in [-0.05, 0) is 38.5 Å². The molecule has 7 heteroatoms. The molecule has 0 aliphatic carbocycles. The second-order valence-corrected chi connectivity index (χ2v) is 6.75. The topological polar surface area (TPSA) is 90.7 Å². The van der Waals surface area contributed by atoms with Crippen molar-refractivity contribution in [2.24, 2.45) is 0 Å². The van der Waals surface area contributed by atoms with Gasteiger partial charge in [0.05, 0.1) is 10.5 Å². The van der Waals surface area contributed by atoms with Gasteiger partial charge >= 0.3 is 5.97 Å². The summed E-state index contributed by atoms with van der Waals surface area (Å²) >= 11 is 0. The van der Waals surface area contributed by atoms with Crippen LogP contribution in [0.3, 0.4) is 0 Å². The lowest BCUT2D eigenvalue weighted by molar-refractivity contribution is -0.384. The summed E-state index contributed by atoms with van der Waals surface area (Å²) in [6, 6.07) is 14.1. The molecule has 26 heavy (non-hydrogen) atoms. The van der Waals surface area contributed by atoms with Crippen molar-refractivity contribution in [1.82, 2.24) is 5.48 Å². The number of ether oxygens (including phenoxy) is 1. The summed E-state index contributed by atoms with van der Waals surface area (Å²) in [4.78, 5) is 28.3. The highest BCUT2D eigenvalue weighted by Crippen LogP contribution is 2.18. The number of hydrogen-bond donors (Lipinski definition) is 1. The van der Waals surface area contributed by atoms with E-state index in [0.29, 0.717) is 6.42 Å². The molecule has 1 atom stereocenters. The fourth-order valence-electron chi connectivity index (χ4n) is 2.09. The Kier molecular flexibility index (Phi) is 6.43. The third kappa shape index (κ3) is 6.27. The molecule has 0 aromatic heterocycles. The van der Waals surface area contributed by atoms with Crippen LogP contribution in [0.15, 0.2) is 54.6 Å². The van der Waals surface area contributed by atoms with Gasteiger partial charge in [0.1, 0.15) is 11.8 Å². The largest absolute Gasteiger partial charge is 0.425 e. The first-order valence-electron chi connectivity index (χ1n) is 8.18. The van der Waals surface area contributed by atoms with E-state index in [1.165, 1.54) is 24.3 Å². The van der Waals surface area contributed by atoms with Crippen LogP contribution in [-0.4, -0.2) is 22.5 Å². The van der Waals surface area contributed by atoms with Crippen LogP contribution in [-0.2, 0) is 16.1 Å². The summed E-state index contributed by atoms with van der Waals surface area (Å²) in [7, 11) is 0. The fourth-order valence-corrected chi connectivity index (χ4v) is 2.09. The van der Waals surface area contributed by atoms with Crippen molar-refractivity contribution >= 4 is 11.7 Å². The highest BCUT2D eigenvalue weighted by atomic mass is 16.7. The van der Waals surface area contributed by atoms with E-state index in [2.05, 4.69) is 5.48 Å². The van der Waals surface area contributed by atoms with Crippen LogP contribution in [0, 0.1) is 10.1 Å². The van der Waals surface area contributed by atoms with E-state index in [1.807, 2.05) is 51.1 Å². The third-order valence-electron chi connectivity index (χ3n) is 3.34. The molecule has 2 aromatic carbocycles. The number of esters is 1. The Morgan fingerprint density at radius 1 is 1.12 bits per heavy atom. The van der Waals surface area contributed by atoms with E-state index in [0.717, 1.165) is 5.56 Å². The monoisotopic (exact) mass is 358 g/mol. The first-order chi connectivity index (χ1) is 12.2. The van der Waals surface area contributed by atoms with E-state index in [4.69, 9.17) is 9.57 Å². The summed E-state index contributed by atoms with van der Waals surface area (Å²) in [5.74, 6) is -0.303. The number of carbonyl (C=O) groups excluding carboxylic acids is 1. The minimum absolute atomic E-state index is 0.0696. The van der Waals surface area contributed by atoms with E-state index < -0.39 is 22.5 Å². The minimum atomic E-state index is -0.730. The SMILES string of the molecule is CC(C)(C)ON[C@@H](Cc1ccccc1)C(=O)Oc1ccc([N+](=O)[O-])cc1. The van der Waals surface area contributed by atoms with Crippen molar-refractivity contribution in [3.63, 3.8) is 0 Å². The predicted octanol–water partition coefficient (Wildman–Crippen LogP) is 3.43. The van der Waals surface area contributed by atoms with E-state index in [-0.39, 0.29) is 11.4 Å². The number of hydrogen-bond acceptors (Lipinski definition) is 6. The highest BCUT2D eigenvalue weighted by Gasteiger charge is 2.24. The first-order valence-corrected chi connectivity index (χ1v) is 8.18. The summed E-state index contributed by atoms with van der Waals surface area (Å²) in [5.41, 5.74) is 3.17. The molecular weight excluding hydrogens is 336 g/mol. The van der Waals surface area contributed by atoms with Crippen molar-refractivity contribution in [1.29, 1.82) is 0 Å². The molecule has 138 valence electrons. The summed E-state index contributed by atoms with van der Waals surface area (Å²) in [6.45, 7) is 5.59. The quantitative estimate of drug-likeness (QED) is 0.353. The number of nitrogens with one attached hydrogen (secondary N) is 1. The second-order valence-electron chi connectivity index (χ2n) is 6.75. The van der Waals surface area contributed by atoms with E-state index in [9.17, 15) is 14.9 Å². The third-order valence-corrected chi connectivity index (χ3v) is 3.34. The Morgan fingerprint density at radius 3 is 2.27 bits per heavy atom. The Labute approximate surface area is 152 Å². The first kappa shape index (κ1) is 19.6. The van der Waals surface area contributed by atoms with Gasteiger partial charge in [0, 0.05) is 18.6 Å². The van der Waals surface area contributed by atoms with Gasteiger partial charge in [-0.1, -0.05) is 30.3 Å². The van der Waals surface area contributed by atoms with Crippen molar-refractivity contribution in [3.05, 3.63) is 70.3 Å². The second kappa shape index (κ2) is 8.55. The van der Waals surface area contributed by atoms with E-state index in [1.54, 1.807) is 0 Å². The Balaban J connectivity index is 2.09. The fraction of sp³-hybridized carbons (Fsp3) is 0.316. The molecule has 7 nitrogen and oxygen atoms in total. The van der Waals surface area contributed by atoms with Crippen molar-refractivity contribution < 1.29 is 19.3 Å². The number of rotatable bonds is 7. The number of nitro benzene ring substituents is 1. The predicted molar refractivity (Wildman–Crippen MR) is 96.6 cm³/mol. The molecule has 0 radical (unpaired) electrons. The number of nitro groups is 1. The van der Waals surface area contributed by atoms with Crippen LogP contribution in [0.4, 0.5) is 5.69 Å². The van der Waals surface area contributed by atoms with Crippen molar-refractivity contribution in [2.75, 3.05) is 0 Å². The summed E-state index contributed by atoms with van der Waals surface area (Å²) in [5, 5.41) is 10.7. The molecule has 0 heterocycles. The molecule has 0 fully saturated rings. The Bertz CT molecular complexity index is 739. The van der Waals surface area contributed by atoms with Crippen LogP contribution < -0.4 is 10.2 Å². The van der Waals surface area contributed by atoms with E-state index >= 15 is 0 Å². The zero-order valence-electron chi connectivity index (χ0n) is 15.0. The van der Waals surface area contributed by atoms with Gasteiger partial charge in [0.25, 0.3) is 5.69 Å². The molecule has 0 saturated heterocycles. The highest BCUT2D eigenvalue weighted by molar-refractivity contribution is 5.78. The Hall–Kier alpha value is -2.77. The molecule has 0 aliphatic rings. The number of hydroxylamine groups is 1. The molecule has 1 N–H and O–H groups in total. The number of non-ortho nitro benzene ring substituents is 1. The lowest BCUT2D eigenvalue weighted by Crippen LogP contribution is -2.44. The Morgan fingerprint density at radius 2 is 1.73 bits per heavy atom. The van der Waals surface area contributed by atoms with Crippen LogP contribution in [0.2, 0.25) is 0 Å². The molecule has 0 saturated carbocycles. The number of nitrogens with zero attached hydrogens (tertiary/aromatic N) is 1.